The molecule has 0 spiro atoms. The number of amides is 1. The Morgan fingerprint density at radius 2 is 2.00 bits per heavy atom. The second kappa shape index (κ2) is 9.53. The molecule has 0 aliphatic carbocycles. The average Bonchev–Trinajstić information content (AvgIpc) is 3.03. The number of hydrogen-bond acceptors (Lipinski definition) is 4. The molecule has 3 rings (SSSR count). The van der Waals surface area contributed by atoms with Crippen molar-refractivity contribution in [1.82, 2.24) is 9.78 Å². The van der Waals surface area contributed by atoms with E-state index in [2.05, 4.69) is 15.2 Å². The zero-order valence-corrected chi connectivity index (χ0v) is 16.5. The summed E-state index contributed by atoms with van der Waals surface area (Å²) in [6.07, 6.45) is 1.45. The molecule has 1 amide bonds. The van der Waals surface area contributed by atoms with E-state index in [1.165, 1.54) is 35.1 Å². The number of nitrogens with one attached hydrogen (secondary N) is 1. The summed E-state index contributed by atoms with van der Waals surface area (Å²) in [7, 11) is 0. The fourth-order valence-corrected chi connectivity index (χ4v) is 2.85. The molecular formula is C20H17ClF3N3O3. The van der Waals surface area contributed by atoms with Gasteiger partial charge in [-0.15, -0.1) is 0 Å². The van der Waals surface area contributed by atoms with Gasteiger partial charge in [0, 0.05) is 17.3 Å². The Balaban J connectivity index is 1.76. The predicted octanol–water partition coefficient (Wildman–Crippen LogP) is 4.98. The minimum Gasteiger partial charge on any atom is -0.490 e. The summed E-state index contributed by atoms with van der Waals surface area (Å²) in [6.45, 7) is -1.05. The highest BCUT2D eigenvalue weighted by Crippen LogP contribution is 2.30. The number of ether oxygens (including phenoxy) is 2. The maximum atomic E-state index is 13.8. The van der Waals surface area contributed by atoms with Gasteiger partial charge in [-0.2, -0.15) is 13.9 Å². The van der Waals surface area contributed by atoms with Gasteiger partial charge in [0.2, 0.25) is 0 Å². The van der Waals surface area contributed by atoms with Gasteiger partial charge in [0.05, 0.1) is 13.2 Å². The second-order valence-corrected chi connectivity index (χ2v) is 6.45. The number of alkyl halides is 2. The molecule has 0 fully saturated rings. The van der Waals surface area contributed by atoms with Crippen LogP contribution in [0.3, 0.4) is 0 Å². The molecule has 1 heterocycles. The largest absolute Gasteiger partial charge is 0.490 e. The van der Waals surface area contributed by atoms with Crippen LogP contribution < -0.4 is 14.8 Å². The monoisotopic (exact) mass is 439 g/mol. The number of aromatic nitrogens is 2. The number of carbonyl (C=O) groups is 1. The average molecular weight is 440 g/mol. The van der Waals surface area contributed by atoms with Crippen molar-refractivity contribution < 1.29 is 27.4 Å². The summed E-state index contributed by atoms with van der Waals surface area (Å²) in [4.78, 5) is 12.6. The van der Waals surface area contributed by atoms with E-state index >= 15 is 0 Å². The lowest BCUT2D eigenvalue weighted by molar-refractivity contribution is -0.0514. The van der Waals surface area contributed by atoms with Gasteiger partial charge in [-0.3, -0.25) is 9.48 Å². The van der Waals surface area contributed by atoms with E-state index in [1.807, 2.05) is 0 Å². The predicted molar refractivity (Wildman–Crippen MR) is 105 cm³/mol. The Bertz CT molecular complexity index is 1040. The summed E-state index contributed by atoms with van der Waals surface area (Å²) in [6, 6.07) is 10.0. The molecule has 0 aliphatic rings. The SMILES string of the molecule is CCOc1cc(C(=O)Nc2nn(Cc3ccccc3F)cc2Cl)ccc1OC(F)F. The summed E-state index contributed by atoms with van der Waals surface area (Å²) < 4.78 is 49.9. The lowest BCUT2D eigenvalue weighted by Gasteiger charge is -2.12. The molecule has 158 valence electrons. The van der Waals surface area contributed by atoms with Crippen molar-refractivity contribution in [3.63, 3.8) is 0 Å². The third kappa shape index (κ3) is 5.24. The first-order valence-electron chi connectivity index (χ1n) is 8.86. The maximum Gasteiger partial charge on any atom is 0.387 e. The summed E-state index contributed by atoms with van der Waals surface area (Å²) in [5, 5.41) is 6.85. The van der Waals surface area contributed by atoms with Gasteiger partial charge in [-0.25, -0.2) is 4.39 Å². The molecule has 0 saturated carbocycles. The second-order valence-electron chi connectivity index (χ2n) is 6.04. The van der Waals surface area contributed by atoms with Gasteiger partial charge in [-0.1, -0.05) is 29.8 Å². The van der Waals surface area contributed by atoms with Crippen LogP contribution in [0.4, 0.5) is 19.0 Å². The fraction of sp³-hybridized carbons (Fsp3) is 0.200. The van der Waals surface area contributed by atoms with Gasteiger partial charge in [0.15, 0.2) is 17.3 Å². The van der Waals surface area contributed by atoms with Crippen LogP contribution in [0.15, 0.2) is 48.7 Å². The van der Waals surface area contributed by atoms with Crippen molar-refractivity contribution in [3.05, 3.63) is 70.6 Å². The summed E-state index contributed by atoms with van der Waals surface area (Å²) in [5.74, 6) is -1.08. The number of carbonyl (C=O) groups excluding carboxylic acids is 1. The van der Waals surface area contributed by atoms with Crippen LogP contribution in [0.25, 0.3) is 0 Å². The number of hydrogen-bond donors (Lipinski definition) is 1. The Kier molecular flexibility index (Phi) is 6.83. The summed E-state index contributed by atoms with van der Waals surface area (Å²) in [5.41, 5.74) is 0.533. The number of halogens is 4. The molecule has 0 radical (unpaired) electrons. The van der Waals surface area contributed by atoms with E-state index in [0.717, 1.165) is 0 Å². The van der Waals surface area contributed by atoms with Crippen LogP contribution in [0.1, 0.15) is 22.8 Å². The van der Waals surface area contributed by atoms with Crippen molar-refractivity contribution in [2.45, 2.75) is 20.1 Å². The Hall–Kier alpha value is -3.20. The van der Waals surface area contributed by atoms with Crippen molar-refractivity contribution in [3.8, 4) is 11.5 Å². The summed E-state index contributed by atoms with van der Waals surface area (Å²) >= 11 is 6.13. The molecule has 3 aromatic rings. The number of benzene rings is 2. The van der Waals surface area contributed by atoms with Crippen LogP contribution in [0.2, 0.25) is 5.02 Å². The van der Waals surface area contributed by atoms with Gasteiger partial charge in [-0.05, 0) is 31.2 Å². The third-order valence-electron chi connectivity index (χ3n) is 3.96. The maximum absolute atomic E-state index is 13.8. The molecule has 1 N–H and O–H groups in total. The number of anilines is 1. The lowest BCUT2D eigenvalue weighted by Crippen LogP contribution is -2.14. The highest BCUT2D eigenvalue weighted by molar-refractivity contribution is 6.33. The van der Waals surface area contributed by atoms with E-state index in [-0.39, 0.29) is 46.9 Å². The Morgan fingerprint density at radius 3 is 2.70 bits per heavy atom. The van der Waals surface area contributed by atoms with Crippen LogP contribution in [-0.4, -0.2) is 28.9 Å². The molecule has 0 atom stereocenters. The highest BCUT2D eigenvalue weighted by atomic mass is 35.5. The lowest BCUT2D eigenvalue weighted by atomic mass is 10.2. The van der Waals surface area contributed by atoms with Crippen LogP contribution in [-0.2, 0) is 6.54 Å². The zero-order valence-electron chi connectivity index (χ0n) is 15.7. The van der Waals surface area contributed by atoms with E-state index in [1.54, 1.807) is 25.1 Å². The first-order chi connectivity index (χ1) is 14.4. The van der Waals surface area contributed by atoms with Crippen molar-refractivity contribution >= 4 is 23.3 Å². The van der Waals surface area contributed by atoms with E-state index in [0.29, 0.717) is 5.56 Å². The number of nitrogens with zero attached hydrogens (tertiary/aromatic N) is 2. The highest BCUT2D eigenvalue weighted by Gasteiger charge is 2.17. The zero-order chi connectivity index (χ0) is 21.7. The van der Waals surface area contributed by atoms with Crippen molar-refractivity contribution in [1.29, 1.82) is 0 Å². The number of rotatable bonds is 8. The molecule has 2 aromatic carbocycles. The van der Waals surface area contributed by atoms with Crippen LogP contribution in [0.5, 0.6) is 11.5 Å². The van der Waals surface area contributed by atoms with Crippen LogP contribution in [0, 0.1) is 5.82 Å². The van der Waals surface area contributed by atoms with E-state index in [4.69, 9.17) is 16.3 Å². The van der Waals surface area contributed by atoms with Crippen LogP contribution >= 0.6 is 11.6 Å². The molecule has 6 nitrogen and oxygen atoms in total. The van der Waals surface area contributed by atoms with E-state index in [9.17, 15) is 18.0 Å². The molecule has 0 bridgehead atoms. The molecule has 10 heteroatoms. The quantitative estimate of drug-likeness (QED) is 0.538. The van der Waals surface area contributed by atoms with Crippen molar-refractivity contribution in [2.24, 2.45) is 0 Å². The molecule has 1 aromatic heterocycles. The minimum absolute atomic E-state index is 0.00151. The standard InChI is InChI=1S/C20H17ClF3N3O3/c1-2-29-17-9-12(7-8-16(17)30-20(23)24)19(28)25-18-14(21)11-27(26-18)10-13-5-3-4-6-15(13)22/h3-9,11,20H,2,10H2,1H3,(H,25,26,28). The topological polar surface area (TPSA) is 65.4 Å². The minimum atomic E-state index is -3.03. The van der Waals surface area contributed by atoms with Gasteiger partial charge in [0.25, 0.3) is 5.91 Å². The normalized spacial score (nSPS) is 10.9. The van der Waals surface area contributed by atoms with Gasteiger partial charge >= 0.3 is 6.61 Å². The molecule has 30 heavy (non-hydrogen) atoms. The molecule has 0 unspecified atom stereocenters. The molecular weight excluding hydrogens is 423 g/mol. The first-order valence-corrected chi connectivity index (χ1v) is 9.24. The van der Waals surface area contributed by atoms with Gasteiger partial charge in [0.1, 0.15) is 10.8 Å². The van der Waals surface area contributed by atoms with E-state index < -0.39 is 12.5 Å². The first kappa shape index (κ1) is 21.5. The Labute approximate surface area is 175 Å². The molecule has 0 aliphatic heterocycles. The third-order valence-corrected chi connectivity index (χ3v) is 4.24. The Morgan fingerprint density at radius 1 is 1.23 bits per heavy atom. The van der Waals surface area contributed by atoms with Crippen molar-refractivity contribution in [2.75, 3.05) is 11.9 Å². The van der Waals surface area contributed by atoms with Gasteiger partial charge < -0.3 is 14.8 Å². The molecule has 0 saturated heterocycles. The fourth-order valence-electron chi connectivity index (χ4n) is 2.65. The smallest absolute Gasteiger partial charge is 0.387 e.